The fourth-order valence-electron chi connectivity index (χ4n) is 1.79. The van der Waals surface area contributed by atoms with Gasteiger partial charge in [0.1, 0.15) is 0 Å². The molecule has 0 aliphatic carbocycles. The van der Waals surface area contributed by atoms with Crippen LogP contribution in [-0.4, -0.2) is 30.4 Å². The van der Waals surface area contributed by atoms with Crippen molar-refractivity contribution in [2.45, 2.75) is 26.8 Å². The molecule has 0 saturated carbocycles. The Morgan fingerprint density at radius 2 is 2.00 bits per heavy atom. The molecule has 18 heavy (non-hydrogen) atoms. The molecule has 0 heterocycles. The van der Waals surface area contributed by atoms with Gasteiger partial charge in [-0.2, -0.15) is 0 Å². The van der Waals surface area contributed by atoms with Crippen molar-refractivity contribution in [3.8, 4) is 0 Å². The topological polar surface area (TPSA) is 32.3 Å². The van der Waals surface area contributed by atoms with Gasteiger partial charge in [-0.1, -0.05) is 24.3 Å². The van der Waals surface area contributed by atoms with E-state index in [1.54, 1.807) is 11.9 Å². The van der Waals surface area contributed by atoms with Crippen LogP contribution in [0.5, 0.6) is 0 Å². The van der Waals surface area contributed by atoms with E-state index in [-0.39, 0.29) is 5.91 Å². The SMILES string of the molecule is C=C(C)CN(C)C(=O)c1ccccc1NC(C)C. The Balaban J connectivity index is 2.94. The number of hydrogen-bond acceptors (Lipinski definition) is 2. The van der Waals surface area contributed by atoms with Gasteiger partial charge in [-0.15, -0.1) is 0 Å². The number of benzene rings is 1. The molecule has 3 heteroatoms. The fraction of sp³-hybridized carbons (Fsp3) is 0.400. The summed E-state index contributed by atoms with van der Waals surface area (Å²) in [6, 6.07) is 7.89. The Labute approximate surface area is 109 Å². The van der Waals surface area contributed by atoms with Crippen LogP contribution in [0.1, 0.15) is 31.1 Å². The summed E-state index contributed by atoms with van der Waals surface area (Å²) >= 11 is 0. The van der Waals surface area contributed by atoms with Gasteiger partial charge in [0.05, 0.1) is 5.56 Å². The molecule has 0 aliphatic rings. The van der Waals surface area contributed by atoms with E-state index in [1.807, 2.05) is 31.2 Å². The number of carbonyl (C=O) groups excluding carboxylic acids is 1. The van der Waals surface area contributed by atoms with Crippen molar-refractivity contribution in [1.82, 2.24) is 4.90 Å². The van der Waals surface area contributed by atoms with E-state index in [4.69, 9.17) is 0 Å². The summed E-state index contributed by atoms with van der Waals surface area (Å²) in [6.45, 7) is 10.4. The largest absolute Gasteiger partial charge is 0.382 e. The van der Waals surface area contributed by atoms with Crippen molar-refractivity contribution in [2.75, 3.05) is 18.9 Å². The van der Waals surface area contributed by atoms with Crippen LogP contribution in [0.15, 0.2) is 36.4 Å². The zero-order chi connectivity index (χ0) is 13.7. The molecular weight excluding hydrogens is 224 g/mol. The smallest absolute Gasteiger partial charge is 0.255 e. The van der Waals surface area contributed by atoms with Crippen LogP contribution >= 0.6 is 0 Å². The Hall–Kier alpha value is -1.77. The summed E-state index contributed by atoms with van der Waals surface area (Å²) in [5.41, 5.74) is 2.56. The van der Waals surface area contributed by atoms with Crippen molar-refractivity contribution < 1.29 is 4.79 Å². The average molecular weight is 246 g/mol. The van der Waals surface area contributed by atoms with E-state index in [0.717, 1.165) is 11.3 Å². The predicted octanol–water partition coefficient (Wildman–Crippen LogP) is 3.16. The van der Waals surface area contributed by atoms with Crippen LogP contribution in [0.2, 0.25) is 0 Å². The van der Waals surface area contributed by atoms with Crippen molar-refractivity contribution in [3.63, 3.8) is 0 Å². The van der Waals surface area contributed by atoms with Gasteiger partial charge in [-0.05, 0) is 32.9 Å². The van der Waals surface area contributed by atoms with Gasteiger partial charge in [0, 0.05) is 25.3 Å². The summed E-state index contributed by atoms with van der Waals surface area (Å²) < 4.78 is 0. The van der Waals surface area contributed by atoms with Gasteiger partial charge in [0.25, 0.3) is 5.91 Å². The first-order valence-corrected chi connectivity index (χ1v) is 6.17. The molecule has 0 unspecified atom stereocenters. The van der Waals surface area contributed by atoms with Crippen LogP contribution in [-0.2, 0) is 0 Å². The fourth-order valence-corrected chi connectivity index (χ4v) is 1.79. The predicted molar refractivity (Wildman–Crippen MR) is 77.0 cm³/mol. The molecule has 3 nitrogen and oxygen atoms in total. The van der Waals surface area contributed by atoms with E-state index in [1.165, 1.54) is 0 Å². The minimum atomic E-state index is 0.0155. The van der Waals surface area contributed by atoms with Crippen molar-refractivity contribution in [3.05, 3.63) is 42.0 Å². The Morgan fingerprint density at radius 3 is 2.56 bits per heavy atom. The van der Waals surface area contributed by atoms with Crippen LogP contribution in [0.4, 0.5) is 5.69 Å². The molecule has 1 N–H and O–H groups in total. The van der Waals surface area contributed by atoms with E-state index in [0.29, 0.717) is 18.2 Å². The van der Waals surface area contributed by atoms with Gasteiger partial charge in [0.2, 0.25) is 0 Å². The first-order valence-electron chi connectivity index (χ1n) is 6.17. The molecule has 0 radical (unpaired) electrons. The third-order valence-corrected chi connectivity index (χ3v) is 2.46. The summed E-state index contributed by atoms with van der Waals surface area (Å²) in [5.74, 6) is 0.0155. The van der Waals surface area contributed by atoms with Gasteiger partial charge >= 0.3 is 0 Å². The highest BCUT2D eigenvalue weighted by molar-refractivity contribution is 5.99. The quantitative estimate of drug-likeness (QED) is 0.809. The van der Waals surface area contributed by atoms with Crippen LogP contribution < -0.4 is 5.32 Å². The van der Waals surface area contributed by atoms with E-state index in [2.05, 4.69) is 25.7 Å². The molecule has 98 valence electrons. The Bertz CT molecular complexity index is 438. The highest BCUT2D eigenvalue weighted by atomic mass is 16.2. The lowest BCUT2D eigenvalue weighted by atomic mass is 10.1. The first-order chi connectivity index (χ1) is 8.41. The normalized spacial score (nSPS) is 10.3. The molecule has 0 atom stereocenters. The van der Waals surface area contributed by atoms with E-state index >= 15 is 0 Å². The molecule has 1 aromatic rings. The number of nitrogens with one attached hydrogen (secondary N) is 1. The Kier molecular flexibility index (Phi) is 4.95. The summed E-state index contributed by atoms with van der Waals surface area (Å²) in [4.78, 5) is 14.0. The highest BCUT2D eigenvalue weighted by Gasteiger charge is 2.15. The average Bonchev–Trinajstić information content (AvgIpc) is 2.27. The maximum atomic E-state index is 12.3. The molecule has 1 amide bonds. The maximum absolute atomic E-state index is 12.3. The molecule has 0 fully saturated rings. The second-order valence-electron chi connectivity index (χ2n) is 4.96. The molecular formula is C15H22N2O. The van der Waals surface area contributed by atoms with Crippen molar-refractivity contribution in [2.24, 2.45) is 0 Å². The number of carbonyl (C=O) groups is 1. The number of likely N-dealkylation sites (N-methyl/N-ethyl adjacent to an activating group) is 1. The molecule has 0 spiro atoms. The molecule has 0 bridgehead atoms. The zero-order valence-corrected chi connectivity index (χ0v) is 11.7. The standard InChI is InChI=1S/C15H22N2O/c1-11(2)10-17(5)15(18)13-8-6-7-9-14(13)16-12(3)4/h6-9,12,16H,1,10H2,2-5H3. The maximum Gasteiger partial charge on any atom is 0.255 e. The summed E-state index contributed by atoms with van der Waals surface area (Å²) in [5, 5.41) is 3.29. The second-order valence-corrected chi connectivity index (χ2v) is 4.96. The van der Waals surface area contributed by atoms with Crippen LogP contribution in [0.25, 0.3) is 0 Å². The van der Waals surface area contributed by atoms with E-state index < -0.39 is 0 Å². The van der Waals surface area contributed by atoms with Gasteiger partial charge in [0.15, 0.2) is 0 Å². The molecule has 0 saturated heterocycles. The number of anilines is 1. The van der Waals surface area contributed by atoms with Crippen molar-refractivity contribution in [1.29, 1.82) is 0 Å². The molecule has 1 rings (SSSR count). The zero-order valence-electron chi connectivity index (χ0n) is 11.7. The van der Waals surface area contributed by atoms with E-state index in [9.17, 15) is 4.79 Å². The number of rotatable bonds is 5. The summed E-state index contributed by atoms with van der Waals surface area (Å²) in [6.07, 6.45) is 0. The lowest BCUT2D eigenvalue weighted by molar-refractivity contribution is 0.0808. The summed E-state index contributed by atoms with van der Waals surface area (Å²) in [7, 11) is 1.79. The number of amides is 1. The first kappa shape index (κ1) is 14.3. The monoisotopic (exact) mass is 246 g/mol. The van der Waals surface area contributed by atoms with Crippen molar-refractivity contribution >= 4 is 11.6 Å². The number of nitrogens with zero attached hydrogens (tertiary/aromatic N) is 1. The van der Waals surface area contributed by atoms with Gasteiger partial charge < -0.3 is 10.2 Å². The second kappa shape index (κ2) is 6.24. The molecule has 0 aromatic heterocycles. The van der Waals surface area contributed by atoms with Gasteiger partial charge in [-0.25, -0.2) is 0 Å². The minimum absolute atomic E-state index is 0.0155. The van der Waals surface area contributed by atoms with Crippen LogP contribution in [0, 0.1) is 0 Å². The lowest BCUT2D eigenvalue weighted by Gasteiger charge is -2.20. The highest BCUT2D eigenvalue weighted by Crippen LogP contribution is 2.18. The number of para-hydroxylation sites is 1. The molecule has 0 aliphatic heterocycles. The molecule has 1 aromatic carbocycles. The number of hydrogen-bond donors (Lipinski definition) is 1. The third kappa shape index (κ3) is 3.91. The Morgan fingerprint density at radius 1 is 1.39 bits per heavy atom. The van der Waals surface area contributed by atoms with Gasteiger partial charge in [-0.3, -0.25) is 4.79 Å². The van der Waals surface area contributed by atoms with Crippen LogP contribution in [0.3, 0.4) is 0 Å². The minimum Gasteiger partial charge on any atom is -0.382 e. The lowest BCUT2D eigenvalue weighted by Crippen LogP contribution is -2.29. The third-order valence-electron chi connectivity index (χ3n) is 2.46.